The van der Waals surface area contributed by atoms with Crippen molar-refractivity contribution in [3.8, 4) is 5.75 Å². The van der Waals surface area contributed by atoms with E-state index >= 15 is 0 Å². The molecule has 0 amide bonds. The Kier molecular flexibility index (Phi) is 5.62. The van der Waals surface area contributed by atoms with Gasteiger partial charge in [-0.25, -0.2) is 0 Å². The molecule has 1 aromatic heterocycles. The van der Waals surface area contributed by atoms with E-state index in [-0.39, 0.29) is 0 Å². The van der Waals surface area contributed by atoms with Gasteiger partial charge in [-0.3, -0.25) is 0 Å². The van der Waals surface area contributed by atoms with Gasteiger partial charge in [0.15, 0.2) is 4.34 Å². The summed E-state index contributed by atoms with van der Waals surface area (Å²) in [6.07, 6.45) is 0. The summed E-state index contributed by atoms with van der Waals surface area (Å²) in [5, 5.41) is 11.2. The highest BCUT2D eigenvalue weighted by Gasteiger charge is 2.07. The van der Waals surface area contributed by atoms with E-state index in [4.69, 9.17) is 4.74 Å². The molecule has 1 heterocycles. The van der Waals surface area contributed by atoms with Gasteiger partial charge in [0.05, 0.1) is 7.11 Å². The Balaban J connectivity index is 2.07. The van der Waals surface area contributed by atoms with Gasteiger partial charge in [-0.2, -0.15) is 0 Å². The molecule has 0 fully saturated rings. The summed E-state index contributed by atoms with van der Waals surface area (Å²) in [6.45, 7) is 3.97. The van der Waals surface area contributed by atoms with Gasteiger partial charge in [0, 0.05) is 17.9 Å². The Bertz CT molecular complexity index is 503. The van der Waals surface area contributed by atoms with Crippen LogP contribution in [0.4, 0.5) is 0 Å². The minimum atomic E-state index is 0.846. The van der Waals surface area contributed by atoms with E-state index in [1.807, 2.05) is 6.07 Å². The standard InChI is InChI=1S/C13H17N3OS2/c1-3-14-7-10-4-5-12(17-2)11(6-10)8-18-13-16-15-9-19-13/h4-6,9,14H,3,7-8H2,1-2H3. The van der Waals surface area contributed by atoms with Crippen LogP contribution in [0.3, 0.4) is 0 Å². The van der Waals surface area contributed by atoms with Gasteiger partial charge in [0.25, 0.3) is 0 Å². The Hall–Kier alpha value is -1.11. The maximum absolute atomic E-state index is 5.41. The second-order valence-electron chi connectivity index (χ2n) is 3.92. The van der Waals surface area contributed by atoms with Gasteiger partial charge >= 0.3 is 0 Å². The molecule has 2 rings (SSSR count). The number of hydrogen-bond acceptors (Lipinski definition) is 6. The summed E-state index contributed by atoms with van der Waals surface area (Å²) in [7, 11) is 1.71. The SMILES string of the molecule is CCNCc1ccc(OC)c(CSc2nncs2)c1. The molecule has 0 unspecified atom stereocenters. The first-order valence-electron chi connectivity index (χ1n) is 6.09. The molecule has 0 atom stereocenters. The lowest BCUT2D eigenvalue weighted by Gasteiger charge is -2.10. The number of methoxy groups -OCH3 is 1. The van der Waals surface area contributed by atoms with Gasteiger partial charge in [-0.15, -0.1) is 10.2 Å². The van der Waals surface area contributed by atoms with Crippen LogP contribution in [-0.4, -0.2) is 23.9 Å². The van der Waals surface area contributed by atoms with E-state index in [0.717, 1.165) is 28.9 Å². The monoisotopic (exact) mass is 295 g/mol. The van der Waals surface area contributed by atoms with E-state index in [1.165, 1.54) is 11.1 Å². The zero-order valence-corrected chi connectivity index (χ0v) is 12.7. The number of thioether (sulfide) groups is 1. The van der Waals surface area contributed by atoms with Crippen LogP contribution in [-0.2, 0) is 12.3 Å². The number of aromatic nitrogens is 2. The summed E-state index contributed by atoms with van der Waals surface area (Å²) in [4.78, 5) is 0. The fourth-order valence-corrected chi connectivity index (χ4v) is 3.16. The lowest BCUT2D eigenvalue weighted by Crippen LogP contribution is -2.11. The average Bonchev–Trinajstić information content (AvgIpc) is 2.96. The minimum Gasteiger partial charge on any atom is -0.496 e. The van der Waals surface area contributed by atoms with Gasteiger partial charge in [-0.1, -0.05) is 36.1 Å². The molecular weight excluding hydrogens is 278 g/mol. The van der Waals surface area contributed by atoms with Crippen LogP contribution < -0.4 is 10.1 Å². The molecule has 0 aliphatic rings. The van der Waals surface area contributed by atoms with Crippen LogP contribution in [0.15, 0.2) is 28.0 Å². The fourth-order valence-electron chi connectivity index (χ4n) is 1.69. The van der Waals surface area contributed by atoms with Crippen molar-refractivity contribution in [1.29, 1.82) is 0 Å². The number of nitrogens with one attached hydrogen (secondary N) is 1. The van der Waals surface area contributed by atoms with Crippen LogP contribution in [0.25, 0.3) is 0 Å². The predicted molar refractivity (Wildman–Crippen MR) is 79.8 cm³/mol. The molecule has 0 aliphatic carbocycles. The fraction of sp³-hybridized carbons (Fsp3) is 0.385. The van der Waals surface area contributed by atoms with E-state index in [0.29, 0.717) is 0 Å². The molecule has 1 N–H and O–H groups in total. The first-order chi connectivity index (χ1) is 9.33. The minimum absolute atomic E-state index is 0.846. The lowest BCUT2D eigenvalue weighted by atomic mass is 10.1. The van der Waals surface area contributed by atoms with E-state index in [2.05, 4.69) is 34.6 Å². The topological polar surface area (TPSA) is 47.0 Å². The Morgan fingerprint density at radius 2 is 2.32 bits per heavy atom. The van der Waals surface area contributed by atoms with Gasteiger partial charge in [0.1, 0.15) is 11.3 Å². The van der Waals surface area contributed by atoms with Crippen molar-refractivity contribution in [2.75, 3.05) is 13.7 Å². The number of ether oxygens (including phenoxy) is 1. The zero-order valence-electron chi connectivity index (χ0n) is 11.0. The molecule has 102 valence electrons. The third-order valence-corrected chi connectivity index (χ3v) is 4.52. The number of nitrogens with zero attached hydrogens (tertiary/aromatic N) is 2. The molecule has 0 radical (unpaired) electrons. The molecule has 0 bridgehead atoms. The van der Waals surface area contributed by atoms with Crippen molar-refractivity contribution >= 4 is 23.1 Å². The van der Waals surface area contributed by atoms with Crippen LogP contribution in [0.2, 0.25) is 0 Å². The van der Waals surface area contributed by atoms with Crippen molar-refractivity contribution in [3.63, 3.8) is 0 Å². The summed E-state index contributed by atoms with van der Waals surface area (Å²) in [6, 6.07) is 6.32. The van der Waals surface area contributed by atoms with Crippen molar-refractivity contribution in [3.05, 3.63) is 34.8 Å². The second-order valence-corrected chi connectivity index (χ2v) is 5.98. The van der Waals surface area contributed by atoms with Gasteiger partial charge < -0.3 is 10.1 Å². The lowest BCUT2D eigenvalue weighted by molar-refractivity contribution is 0.411. The Morgan fingerprint density at radius 3 is 3.00 bits per heavy atom. The maximum Gasteiger partial charge on any atom is 0.174 e. The number of rotatable bonds is 7. The van der Waals surface area contributed by atoms with Crippen molar-refractivity contribution in [2.24, 2.45) is 0 Å². The first-order valence-corrected chi connectivity index (χ1v) is 7.95. The van der Waals surface area contributed by atoms with Gasteiger partial charge in [0.2, 0.25) is 0 Å². The highest BCUT2D eigenvalue weighted by atomic mass is 32.2. The molecule has 2 aromatic rings. The second kappa shape index (κ2) is 7.47. The van der Waals surface area contributed by atoms with Crippen LogP contribution >= 0.6 is 23.1 Å². The van der Waals surface area contributed by atoms with Crippen LogP contribution in [0.5, 0.6) is 5.75 Å². The smallest absolute Gasteiger partial charge is 0.174 e. The third-order valence-electron chi connectivity index (χ3n) is 2.62. The molecule has 0 spiro atoms. The molecular formula is C13H17N3OS2. The Morgan fingerprint density at radius 1 is 1.42 bits per heavy atom. The first kappa shape index (κ1) is 14.3. The van der Waals surface area contributed by atoms with E-state index < -0.39 is 0 Å². The Labute approximate surface area is 121 Å². The normalized spacial score (nSPS) is 10.6. The molecule has 1 aromatic carbocycles. The molecule has 4 nitrogen and oxygen atoms in total. The summed E-state index contributed by atoms with van der Waals surface area (Å²) in [5.74, 6) is 1.77. The third kappa shape index (κ3) is 4.19. The quantitative estimate of drug-likeness (QED) is 0.796. The summed E-state index contributed by atoms with van der Waals surface area (Å²) < 4.78 is 6.39. The maximum atomic E-state index is 5.41. The number of benzene rings is 1. The van der Waals surface area contributed by atoms with Crippen molar-refractivity contribution < 1.29 is 4.74 Å². The molecule has 0 aliphatic heterocycles. The average molecular weight is 295 g/mol. The number of hydrogen-bond donors (Lipinski definition) is 1. The molecule has 19 heavy (non-hydrogen) atoms. The van der Waals surface area contributed by atoms with Gasteiger partial charge in [-0.05, 0) is 24.2 Å². The zero-order chi connectivity index (χ0) is 13.5. The highest BCUT2D eigenvalue weighted by molar-refractivity contribution is 8.00. The van der Waals surface area contributed by atoms with Crippen molar-refractivity contribution in [2.45, 2.75) is 23.6 Å². The van der Waals surface area contributed by atoms with Crippen LogP contribution in [0.1, 0.15) is 18.1 Å². The van der Waals surface area contributed by atoms with E-state index in [1.54, 1.807) is 35.7 Å². The molecule has 0 saturated heterocycles. The largest absolute Gasteiger partial charge is 0.496 e. The highest BCUT2D eigenvalue weighted by Crippen LogP contribution is 2.29. The summed E-state index contributed by atoms with van der Waals surface area (Å²) in [5.41, 5.74) is 4.22. The van der Waals surface area contributed by atoms with E-state index in [9.17, 15) is 0 Å². The predicted octanol–water partition coefficient (Wildman–Crippen LogP) is 2.95. The summed E-state index contributed by atoms with van der Waals surface area (Å²) >= 11 is 3.25. The van der Waals surface area contributed by atoms with Crippen LogP contribution in [0, 0.1) is 0 Å². The molecule has 0 saturated carbocycles. The molecule has 6 heteroatoms. The van der Waals surface area contributed by atoms with Crippen molar-refractivity contribution in [1.82, 2.24) is 15.5 Å².